The minimum atomic E-state index is -3.83. The van der Waals surface area contributed by atoms with Gasteiger partial charge in [0.2, 0.25) is 26.0 Å². The highest BCUT2D eigenvalue weighted by Crippen LogP contribution is 2.18. The van der Waals surface area contributed by atoms with Crippen molar-refractivity contribution < 1.29 is 26.4 Å². The zero-order valence-corrected chi connectivity index (χ0v) is 17.7. The molecule has 0 aromatic heterocycles. The van der Waals surface area contributed by atoms with Crippen molar-refractivity contribution in [1.29, 1.82) is 0 Å². The van der Waals surface area contributed by atoms with Gasteiger partial charge in [0, 0.05) is 13.6 Å². The highest BCUT2D eigenvalue weighted by molar-refractivity contribution is 7.89. The van der Waals surface area contributed by atoms with E-state index in [9.17, 15) is 21.6 Å². The van der Waals surface area contributed by atoms with E-state index in [1.807, 2.05) is 6.92 Å². The van der Waals surface area contributed by atoms with Gasteiger partial charge in [-0.15, -0.1) is 0 Å². The second-order valence-electron chi connectivity index (χ2n) is 6.13. The summed E-state index contributed by atoms with van der Waals surface area (Å²) in [6.07, 6.45) is 0. The minimum Gasteiger partial charge on any atom is -0.494 e. The van der Waals surface area contributed by atoms with Crippen LogP contribution in [0.1, 0.15) is 12.5 Å². The van der Waals surface area contributed by atoms with Crippen LogP contribution in [0, 0.1) is 0 Å². The second-order valence-corrected chi connectivity index (χ2v) is 9.74. The van der Waals surface area contributed by atoms with Crippen LogP contribution in [0.3, 0.4) is 0 Å². The van der Waals surface area contributed by atoms with Gasteiger partial charge in [0.05, 0.1) is 22.9 Å². The largest absolute Gasteiger partial charge is 0.494 e. The average Bonchev–Trinajstić information content (AvgIpc) is 2.66. The molecule has 0 unspecified atom stereocenters. The van der Waals surface area contributed by atoms with Crippen molar-refractivity contribution in [3.05, 3.63) is 54.1 Å². The number of ether oxygens (including phenoxy) is 1. The van der Waals surface area contributed by atoms with Gasteiger partial charge in [0.25, 0.3) is 0 Å². The molecule has 0 aliphatic carbocycles. The normalized spacial score (nSPS) is 12.0. The van der Waals surface area contributed by atoms with Crippen molar-refractivity contribution in [2.75, 3.05) is 20.2 Å². The molecule has 2 rings (SSSR count). The third-order valence-electron chi connectivity index (χ3n) is 3.95. The molecule has 0 aliphatic heterocycles. The van der Waals surface area contributed by atoms with E-state index in [-0.39, 0.29) is 22.9 Å². The van der Waals surface area contributed by atoms with Crippen LogP contribution < -0.4 is 15.2 Å². The van der Waals surface area contributed by atoms with Gasteiger partial charge in [-0.3, -0.25) is 4.79 Å². The number of sulfonamides is 2. The molecule has 0 radical (unpaired) electrons. The Morgan fingerprint density at radius 2 is 1.55 bits per heavy atom. The van der Waals surface area contributed by atoms with Gasteiger partial charge in [-0.25, -0.2) is 22.0 Å². The Labute approximate surface area is 170 Å². The fraction of sp³-hybridized carbons (Fsp3) is 0.278. The predicted molar refractivity (Wildman–Crippen MR) is 107 cm³/mol. The maximum absolute atomic E-state index is 12.6. The van der Waals surface area contributed by atoms with E-state index in [4.69, 9.17) is 9.88 Å². The number of amides is 1. The van der Waals surface area contributed by atoms with E-state index >= 15 is 0 Å². The third-order valence-corrected chi connectivity index (χ3v) is 6.70. The molecule has 2 aromatic carbocycles. The molecule has 158 valence electrons. The summed E-state index contributed by atoms with van der Waals surface area (Å²) in [7, 11) is -6.31. The van der Waals surface area contributed by atoms with E-state index in [2.05, 4.69) is 5.32 Å². The van der Waals surface area contributed by atoms with Gasteiger partial charge in [0.15, 0.2) is 0 Å². The zero-order valence-electron chi connectivity index (χ0n) is 16.0. The van der Waals surface area contributed by atoms with E-state index in [1.54, 1.807) is 12.1 Å². The zero-order chi connectivity index (χ0) is 21.7. The summed E-state index contributed by atoms with van der Waals surface area (Å²) in [6, 6.07) is 11.6. The number of hydrogen-bond acceptors (Lipinski definition) is 6. The molecule has 0 heterocycles. The van der Waals surface area contributed by atoms with E-state index < -0.39 is 26.0 Å². The second kappa shape index (κ2) is 9.35. The molecule has 1 amide bonds. The number of hydrogen-bond donors (Lipinski definition) is 2. The van der Waals surface area contributed by atoms with Gasteiger partial charge in [-0.2, -0.15) is 4.31 Å². The SMILES string of the molecule is CCOc1ccc(S(=O)(=O)N(C)CC(=O)NCc2ccc(S(N)(=O)=O)cc2)cc1. The van der Waals surface area contributed by atoms with Crippen LogP contribution in [0.2, 0.25) is 0 Å². The van der Waals surface area contributed by atoms with Crippen LogP contribution in [0.25, 0.3) is 0 Å². The van der Waals surface area contributed by atoms with Gasteiger partial charge < -0.3 is 10.1 Å². The molecule has 0 saturated carbocycles. The summed E-state index contributed by atoms with van der Waals surface area (Å²) >= 11 is 0. The maximum atomic E-state index is 12.6. The minimum absolute atomic E-state index is 0.0336. The molecule has 0 bridgehead atoms. The van der Waals surface area contributed by atoms with Crippen LogP contribution in [0.5, 0.6) is 5.75 Å². The van der Waals surface area contributed by atoms with Crippen molar-refractivity contribution in [2.24, 2.45) is 5.14 Å². The van der Waals surface area contributed by atoms with E-state index in [0.717, 1.165) is 4.31 Å². The van der Waals surface area contributed by atoms with Gasteiger partial charge in [-0.1, -0.05) is 12.1 Å². The Bertz CT molecular complexity index is 1050. The number of rotatable bonds is 9. The lowest BCUT2D eigenvalue weighted by Crippen LogP contribution is -2.38. The maximum Gasteiger partial charge on any atom is 0.243 e. The first-order valence-corrected chi connectivity index (χ1v) is 11.6. The molecular weight excluding hydrogens is 418 g/mol. The Morgan fingerprint density at radius 3 is 2.07 bits per heavy atom. The standard InChI is InChI=1S/C18H23N3O6S2/c1-3-27-15-6-10-17(11-7-15)29(25,26)21(2)13-18(22)20-12-14-4-8-16(9-5-14)28(19,23)24/h4-11H,3,12-13H2,1-2H3,(H,20,22)(H2,19,23,24). The summed E-state index contributed by atoms with van der Waals surface area (Å²) in [4.78, 5) is 12.1. The summed E-state index contributed by atoms with van der Waals surface area (Å²) in [5, 5.41) is 7.62. The third kappa shape index (κ3) is 6.26. The summed E-state index contributed by atoms with van der Waals surface area (Å²) in [5.74, 6) is 0.0536. The molecule has 0 aliphatic rings. The molecule has 3 N–H and O–H groups in total. The summed E-state index contributed by atoms with van der Waals surface area (Å²) in [5.41, 5.74) is 0.641. The Hall–Kier alpha value is -2.47. The van der Waals surface area contributed by atoms with Gasteiger partial charge in [-0.05, 0) is 48.9 Å². The first-order chi connectivity index (χ1) is 13.5. The molecule has 0 saturated heterocycles. The number of nitrogens with one attached hydrogen (secondary N) is 1. The lowest BCUT2D eigenvalue weighted by molar-refractivity contribution is -0.121. The van der Waals surface area contributed by atoms with Gasteiger partial charge in [0.1, 0.15) is 5.75 Å². The van der Waals surface area contributed by atoms with Crippen molar-refractivity contribution in [1.82, 2.24) is 9.62 Å². The molecule has 9 nitrogen and oxygen atoms in total. The highest BCUT2D eigenvalue weighted by Gasteiger charge is 2.23. The molecule has 2 aromatic rings. The van der Waals surface area contributed by atoms with Crippen molar-refractivity contribution in [3.63, 3.8) is 0 Å². The molecule has 0 spiro atoms. The molecular formula is C18H23N3O6S2. The van der Waals surface area contributed by atoms with Crippen LogP contribution in [-0.2, 0) is 31.4 Å². The monoisotopic (exact) mass is 441 g/mol. The number of nitrogens with two attached hydrogens (primary N) is 1. The number of carbonyl (C=O) groups excluding carboxylic acids is 1. The Balaban J connectivity index is 1.95. The van der Waals surface area contributed by atoms with E-state index in [1.165, 1.54) is 43.4 Å². The summed E-state index contributed by atoms with van der Waals surface area (Å²) < 4.78 is 53.9. The smallest absolute Gasteiger partial charge is 0.243 e. The molecule has 11 heteroatoms. The van der Waals surface area contributed by atoms with Gasteiger partial charge >= 0.3 is 0 Å². The van der Waals surface area contributed by atoms with Crippen LogP contribution >= 0.6 is 0 Å². The highest BCUT2D eigenvalue weighted by atomic mass is 32.2. The number of nitrogens with zero attached hydrogens (tertiary/aromatic N) is 1. The van der Waals surface area contributed by atoms with E-state index in [0.29, 0.717) is 17.9 Å². The Kier molecular flexibility index (Phi) is 7.36. The first-order valence-electron chi connectivity index (χ1n) is 8.61. The number of likely N-dealkylation sites (N-methyl/N-ethyl adjacent to an activating group) is 1. The van der Waals surface area contributed by atoms with Crippen LogP contribution in [0.4, 0.5) is 0 Å². The quantitative estimate of drug-likeness (QED) is 0.587. The van der Waals surface area contributed by atoms with Crippen LogP contribution in [0.15, 0.2) is 58.3 Å². The number of benzene rings is 2. The topological polar surface area (TPSA) is 136 Å². The van der Waals surface area contributed by atoms with Crippen molar-refractivity contribution in [3.8, 4) is 5.75 Å². The number of primary sulfonamides is 1. The predicted octanol–water partition coefficient (Wildman–Crippen LogP) is 0.670. The molecule has 0 atom stereocenters. The lowest BCUT2D eigenvalue weighted by Gasteiger charge is -2.17. The molecule has 29 heavy (non-hydrogen) atoms. The van der Waals surface area contributed by atoms with Crippen LogP contribution in [-0.4, -0.2) is 47.2 Å². The fourth-order valence-electron chi connectivity index (χ4n) is 2.40. The first kappa shape index (κ1) is 22.8. The Morgan fingerprint density at radius 1 is 1.00 bits per heavy atom. The van der Waals surface area contributed by atoms with Crippen molar-refractivity contribution in [2.45, 2.75) is 23.3 Å². The number of carbonyl (C=O) groups is 1. The van der Waals surface area contributed by atoms with Crippen molar-refractivity contribution >= 4 is 26.0 Å². The lowest BCUT2D eigenvalue weighted by atomic mass is 10.2. The average molecular weight is 442 g/mol. The fourth-order valence-corrected chi connectivity index (χ4v) is 4.04. The summed E-state index contributed by atoms with van der Waals surface area (Å²) in [6.45, 7) is 2.04. The molecule has 0 fully saturated rings.